The standard InChI is InChI=1S/C16H24N4O9S/c17-7(4-11(21)22)13(25)19-9(6-30)14(26)18-8(5-12(23)24)15(27)20-3-1-2-10(20)16(28)29/h7-10,30H,1-6,17H2,(H,18,26)(H,19,25)(H,21,22)(H,23,24)(H,28,29). The number of nitrogens with two attached hydrogens (primary N) is 1. The van der Waals surface area contributed by atoms with Gasteiger partial charge in [0.05, 0.1) is 18.9 Å². The molecule has 14 heteroatoms. The molecule has 0 aromatic rings. The second-order valence-corrected chi connectivity index (χ2v) is 7.00. The van der Waals surface area contributed by atoms with E-state index in [0.717, 1.165) is 4.90 Å². The first-order chi connectivity index (χ1) is 14.0. The first-order valence-electron chi connectivity index (χ1n) is 8.92. The van der Waals surface area contributed by atoms with Gasteiger partial charge in [-0.05, 0) is 12.8 Å². The lowest BCUT2D eigenvalue weighted by atomic mass is 10.1. The Morgan fingerprint density at radius 3 is 2.03 bits per heavy atom. The fourth-order valence-corrected chi connectivity index (χ4v) is 3.15. The summed E-state index contributed by atoms with van der Waals surface area (Å²) in [6.07, 6.45) is -0.879. The smallest absolute Gasteiger partial charge is 0.326 e. The van der Waals surface area contributed by atoms with Crippen LogP contribution in [0.3, 0.4) is 0 Å². The number of nitrogens with zero attached hydrogens (tertiary/aromatic N) is 1. The highest BCUT2D eigenvalue weighted by molar-refractivity contribution is 7.80. The van der Waals surface area contributed by atoms with Crippen LogP contribution in [-0.4, -0.2) is 92.3 Å². The summed E-state index contributed by atoms with van der Waals surface area (Å²) in [5.41, 5.74) is 5.42. The molecule has 4 atom stereocenters. The summed E-state index contributed by atoms with van der Waals surface area (Å²) in [5.74, 6) is -7.00. The maximum atomic E-state index is 12.7. The van der Waals surface area contributed by atoms with Gasteiger partial charge < -0.3 is 36.6 Å². The Morgan fingerprint density at radius 2 is 1.53 bits per heavy atom. The number of amides is 3. The summed E-state index contributed by atoms with van der Waals surface area (Å²) < 4.78 is 0. The molecule has 0 aromatic heterocycles. The summed E-state index contributed by atoms with van der Waals surface area (Å²) in [6.45, 7) is 0.0958. The molecule has 1 rings (SSSR count). The molecule has 0 aromatic carbocycles. The van der Waals surface area contributed by atoms with Crippen LogP contribution < -0.4 is 16.4 Å². The van der Waals surface area contributed by atoms with Crippen molar-refractivity contribution in [1.82, 2.24) is 15.5 Å². The lowest BCUT2D eigenvalue weighted by Gasteiger charge is -2.28. The summed E-state index contributed by atoms with van der Waals surface area (Å²) in [7, 11) is 0. The van der Waals surface area contributed by atoms with Crippen LogP contribution in [-0.2, 0) is 28.8 Å². The molecule has 4 unspecified atom stereocenters. The molecule has 0 bridgehead atoms. The zero-order valence-electron chi connectivity index (χ0n) is 15.8. The van der Waals surface area contributed by atoms with E-state index in [0.29, 0.717) is 6.42 Å². The number of nitrogens with one attached hydrogen (secondary N) is 2. The highest BCUT2D eigenvalue weighted by Gasteiger charge is 2.39. The van der Waals surface area contributed by atoms with E-state index in [9.17, 15) is 33.9 Å². The van der Waals surface area contributed by atoms with Crippen LogP contribution >= 0.6 is 12.6 Å². The third-order valence-electron chi connectivity index (χ3n) is 4.36. The largest absolute Gasteiger partial charge is 0.481 e. The van der Waals surface area contributed by atoms with Gasteiger partial charge in [-0.3, -0.25) is 24.0 Å². The summed E-state index contributed by atoms with van der Waals surface area (Å²) in [6, 6.07) is -5.46. The Morgan fingerprint density at radius 1 is 0.967 bits per heavy atom. The van der Waals surface area contributed by atoms with Gasteiger partial charge in [-0.1, -0.05) is 0 Å². The zero-order chi connectivity index (χ0) is 23.0. The average Bonchev–Trinajstić information content (AvgIpc) is 3.13. The van der Waals surface area contributed by atoms with Crippen molar-refractivity contribution in [2.45, 2.75) is 49.9 Å². The molecule has 7 N–H and O–H groups in total. The maximum absolute atomic E-state index is 12.7. The molecule has 1 aliphatic heterocycles. The van der Waals surface area contributed by atoms with Gasteiger partial charge in [-0.25, -0.2) is 4.79 Å². The molecule has 1 fully saturated rings. The van der Waals surface area contributed by atoms with Crippen molar-refractivity contribution in [3.8, 4) is 0 Å². The van der Waals surface area contributed by atoms with Gasteiger partial charge in [-0.15, -0.1) is 0 Å². The molecule has 0 saturated carbocycles. The fourth-order valence-electron chi connectivity index (χ4n) is 2.89. The van der Waals surface area contributed by atoms with E-state index in [1.54, 1.807) is 0 Å². The van der Waals surface area contributed by atoms with E-state index in [4.69, 9.17) is 15.9 Å². The lowest BCUT2D eigenvalue weighted by molar-refractivity contribution is -0.150. The normalized spacial score (nSPS) is 18.7. The van der Waals surface area contributed by atoms with E-state index in [1.807, 2.05) is 0 Å². The maximum Gasteiger partial charge on any atom is 0.326 e. The second kappa shape index (κ2) is 11.3. The monoisotopic (exact) mass is 448 g/mol. The Balaban J connectivity index is 2.89. The van der Waals surface area contributed by atoms with Crippen molar-refractivity contribution in [1.29, 1.82) is 0 Å². The minimum atomic E-state index is -1.57. The number of rotatable bonds is 11. The quantitative estimate of drug-likeness (QED) is 0.161. The molecule has 3 amide bonds. The number of thiol groups is 1. The molecule has 0 aliphatic carbocycles. The van der Waals surface area contributed by atoms with Crippen LogP contribution in [0.4, 0.5) is 0 Å². The van der Waals surface area contributed by atoms with E-state index in [1.165, 1.54) is 0 Å². The Bertz CT molecular complexity index is 717. The summed E-state index contributed by atoms with van der Waals surface area (Å²) in [4.78, 5) is 71.1. The van der Waals surface area contributed by atoms with E-state index < -0.39 is 72.6 Å². The molecule has 1 heterocycles. The number of likely N-dealkylation sites (tertiary alicyclic amines) is 1. The Hall–Kier alpha value is -2.87. The number of hydrogen-bond acceptors (Lipinski definition) is 8. The van der Waals surface area contributed by atoms with Crippen molar-refractivity contribution in [3.63, 3.8) is 0 Å². The first-order valence-corrected chi connectivity index (χ1v) is 9.55. The molecule has 1 saturated heterocycles. The first kappa shape index (κ1) is 25.2. The van der Waals surface area contributed by atoms with Crippen molar-refractivity contribution in [2.75, 3.05) is 12.3 Å². The zero-order valence-corrected chi connectivity index (χ0v) is 16.7. The number of aliphatic carboxylic acids is 3. The van der Waals surface area contributed by atoms with Gasteiger partial charge in [0.1, 0.15) is 18.1 Å². The minimum Gasteiger partial charge on any atom is -0.481 e. The molecular weight excluding hydrogens is 424 g/mol. The third kappa shape index (κ3) is 7.18. The summed E-state index contributed by atoms with van der Waals surface area (Å²) in [5, 5.41) is 31.3. The van der Waals surface area contributed by atoms with E-state index >= 15 is 0 Å². The molecule has 13 nitrogen and oxygen atoms in total. The van der Waals surface area contributed by atoms with E-state index in [2.05, 4.69) is 23.3 Å². The van der Waals surface area contributed by atoms with E-state index in [-0.39, 0.29) is 18.7 Å². The van der Waals surface area contributed by atoms with Gasteiger partial charge in [0.2, 0.25) is 17.7 Å². The molecular formula is C16H24N4O9S. The highest BCUT2D eigenvalue weighted by atomic mass is 32.1. The lowest BCUT2D eigenvalue weighted by Crippen LogP contribution is -2.58. The number of carbonyl (C=O) groups excluding carboxylic acids is 3. The Labute approximate surface area is 176 Å². The molecule has 30 heavy (non-hydrogen) atoms. The van der Waals surface area contributed by atoms with Crippen molar-refractivity contribution in [3.05, 3.63) is 0 Å². The molecule has 1 aliphatic rings. The Kier molecular flexibility index (Phi) is 9.52. The average molecular weight is 448 g/mol. The number of hydrogen-bond donors (Lipinski definition) is 7. The van der Waals surface area contributed by atoms with Crippen LogP contribution in [0.2, 0.25) is 0 Å². The van der Waals surface area contributed by atoms with Crippen LogP contribution in [0.5, 0.6) is 0 Å². The van der Waals surface area contributed by atoms with Gasteiger partial charge in [0, 0.05) is 12.3 Å². The molecule has 0 spiro atoms. The molecule has 168 valence electrons. The SMILES string of the molecule is NC(CC(=O)O)C(=O)NC(CS)C(=O)NC(CC(=O)O)C(=O)N1CCCC1C(=O)O. The van der Waals surface area contributed by atoms with Crippen molar-refractivity contribution in [2.24, 2.45) is 5.73 Å². The molecule has 0 radical (unpaired) electrons. The van der Waals surface area contributed by atoms with Crippen LogP contribution in [0.25, 0.3) is 0 Å². The number of carbonyl (C=O) groups is 6. The summed E-state index contributed by atoms with van der Waals surface area (Å²) >= 11 is 3.92. The third-order valence-corrected chi connectivity index (χ3v) is 4.73. The fraction of sp³-hybridized carbons (Fsp3) is 0.625. The number of carboxylic acid groups (broad SMARTS) is 3. The van der Waals surface area contributed by atoms with Gasteiger partial charge >= 0.3 is 17.9 Å². The van der Waals surface area contributed by atoms with Gasteiger partial charge in [-0.2, -0.15) is 12.6 Å². The van der Waals surface area contributed by atoms with Gasteiger partial charge in [0.25, 0.3) is 0 Å². The number of carboxylic acids is 3. The van der Waals surface area contributed by atoms with Crippen LogP contribution in [0.1, 0.15) is 25.7 Å². The minimum absolute atomic E-state index is 0.0958. The highest BCUT2D eigenvalue weighted by Crippen LogP contribution is 2.19. The van der Waals surface area contributed by atoms with Crippen LogP contribution in [0, 0.1) is 0 Å². The van der Waals surface area contributed by atoms with Crippen LogP contribution in [0.15, 0.2) is 0 Å². The van der Waals surface area contributed by atoms with Gasteiger partial charge in [0.15, 0.2) is 0 Å². The predicted molar refractivity (Wildman–Crippen MR) is 103 cm³/mol. The van der Waals surface area contributed by atoms with Crippen molar-refractivity contribution >= 4 is 48.3 Å². The second-order valence-electron chi connectivity index (χ2n) is 6.64. The predicted octanol–water partition coefficient (Wildman–Crippen LogP) is -2.76. The van der Waals surface area contributed by atoms with Crippen molar-refractivity contribution < 1.29 is 44.1 Å². The topological polar surface area (TPSA) is 216 Å².